The van der Waals surface area contributed by atoms with Gasteiger partial charge < -0.3 is 10.0 Å². The van der Waals surface area contributed by atoms with Crippen molar-refractivity contribution in [3.05, 3.63) is 21.9 Å². The molecule has 1 heterocycles. The highest BCUT2D eigenvalue weighted by atomic mass is 32.1. The number of hydrogen-bond acceptors (Lipinski definition) is 4. The lowest BCUT2D eigenvalue weighted by molar-refractivity contribution is -0.139. The van der Waals surface area contributed by atoms with Gasteiger partial charge in [-0.15, -0.1) is 11.3 Å². The van der Waals surface area contributed by atoms with Gasteiger partial charge >= 0.3 is 5.97 Å². The molecule has 0 aliphatic heterocycles. The first kappa shape index (κ1) is 15.1. The Labute approximate surface area is 113 Å². The summed E-state index contributed by atoms with van der Waals surface area (Å²) in [5.74, 6) is -0.809. The van der Waals surface area contributed by atoms with E-state index in [9.17, 15) is 9.90 Å². The number of likely N-dealkylation sites (N-methyl/N-ethyl adjacent to an activating group) is 1. The molecule has 1 atom stereocenters. The first-order valence-electron chi connectivity index (χ1n) is 6.33. The quantitative estimate of drug-likeness (QED) is 0.759. The van der Waals surface area contributed by atoms with E-state index in [1.165, 1.54) is 11.3 Å². The van der Waals surface area contributed by atoms with E-state index in [4.69, 9.17) is 0 Å². The lowest BCUT2D eigenvalue weighted by Crippen LogP contribution is -2.36. The maximum absolute atomic E-state index is 11.3. The number of nitrogens with zero attached hydrogens (tertiary/aromatic N) is 1. The summed E-state index contributed by atoms with van der Waals surface area (Å²) in [5, 5.41) is 12.4. The zero-order chi connectivity index (χ0) is 13.5. The average Bonchev–Trinajstić information content (AvgIpc) is 2.75. The van der Waals surface area contributed by atoms with Crippen LogP contribution in [0.25, 0.3) is 0 Å². The summed E-state index contributed by atoms with van der Waals surface area (Å²) in [7, 11) is 0. The third-order valence-corrected chi connectivity index (χ3v) is 4.03. The van der Waals surface area contributed by atoms with Gasteiger partial charge in [0.2, 0.25) is 0 Å². The van der Waals surface area contributed by atoms with Crippen LogP contribution in [0.4, 0.5) is 0 Å². The molecule has 0 amide bonds. The van der Waals surface area contributed by atoms with Gasteiger partial charge in [0, 0.05) is 22.8 Å². The minimum atomic E-state index is -0.809. The molecule has 0 aliphatic carbocycles. The molecule has 1 unspecified atom stereocenters. The molecule has 18 heavy (non-hydrogen) atoms. The Morgan fingerprint density at radius 1 is 1.44 bits per heavy atom. The molecular formula is C13H22N2O2S. The van der Waals surface area contributed by atoms with Crippen molar-refractivity contribution in [2.24, 2.45) is 0 Å². The molecule has 4 nitrogen and oxygen atoms in total. The Kier molecular flexibility index (Phi) is 6.32. The van der Waals surface area contributed by atoms with Crippen molar-refractivity contribution in [2.45, 2.75) is 26.8 Å². The van der Waals surface area contributed by atoms with Crippen molar-refractivity contribution in [3.8, 4) is 0 Å². The van der Waals surface area contributed by atoms with E-state index >= 15 is 0 Å². The highest BCUT2D eigenvalue weighted by Gasteiger charge is 2.20. The largest absolute Gasteiger partial charge is 0.480 e. The number of carbonyl (C=O) groups is 1. The predicted molar refractivity (Wildman–Crippen MR) is 75.2 cm³/mol. The van der Waals surface area contributed by atoms with Crippen LogP contribution in [-0.4, -0.2) is 42.2 Å². The van der Waals surface area contributed by atoms with E-state index in [0.29, 0.717) is 6.54 Å². The van der Waals surface area contributed by atoms with Crippen molar-refractivity contribution < 1.29 is 9.90 Å². The summed E-state index contributed by atoms with van der Waals surface area (Å²) in [6.07, 6.45) is 0. The molecule has 1 aromatic rings. The standard InChI is InChI=1S/C13H22N2O2S/c1-4-15(5-2)9-8-14-12(13(16)17)11-7-6-10(3)18-11/h6-7,12,14H,4-5,8-9H2,1-3H3,(H,16,17). The monoisotopic (exact) mass is 270 g/mol. The maximum atomic E-state index is 11.3. The van der Waals surface area contributed by atoms with Gasteiger partial charge in [-0.2, -0.15) is 0 Å². The normalized spacial score (nSPS) is 12.9. The Morgan fingerprint density at radius 2 is 2.11 bits per heavy atom. The van der Waals surface area contributed by atoms with Crippen molar-refractivity contribution in [3.63, 3.8) is 0 Å². The van der Waals surface area contributed by atoms with Gasteiger partial charge in [-0.1, -0.05) is 13.8 Å². The van der Waals surface area contributed by atoms with Crippen molar-refractivity contribution >= 4 is 17.3 Å². The smallest absolute Gasteiger partial charge is 0.326 e. The van der Waals surface area contributed by atoms with Crippen molar-refractivity contribution in [1.29, 1.82) is 0 Å². The van der Waals surface area contributed by atoms with E-state index in [-0.39, 0.29) is 0 Å². The molecule has 1 aromatic heterocycles. The average molecular weight is 270 g/mol. The van der Waals surface area contributed by atoms with Gasteiger partial charge in [0.1, 0.15) is 6.04 Å². The number of rotatable bonds is 8. The van der Waals surface area contributed by atoms with Crippen LogP contribution in [0.15, 0.2) is 12.1 Å². The summed E-state index contributed by atoms with van der Waals surface area (Å²) in [6.45, 7) is 9.77. The summed E-state index contributed by atoms with van der Waals surface area (Å²) in [6, 6.07) is 3.27. The van der Waals surface area contributed by atoms with E-state index in [1.54, 1.807) is 0 Å². The number of hydrogen-bond donors (Lipinski definition) is 2. The van der Waals surface area contributed by atoms with E-state index < -0.39 is 12.0 Å². The molecule has 5 heteroatoms. The zero-order valence-electron chi connectivity index (χ0n) is 11.3. The third-order valence-electron chi connectivity index (χ3n) is 2.96. The summed E-state index contributed by atoms with van der Waals surface area (Å²) >= 11 is 1.54. The molecule has 0 spiro atoms. The van der Waals surface area contributed by atoms with Gasteiger partial charge in [0.05, 0.1) is 0 Å². The molecule has 1 rings (SSSR count). The van der Waals surface area contributed by atoms with Gasteiger partial charge in [0.15, 0.2) is 0 Å². The first-order chi connectivity index (χ1) is 8.58. The van der Waals surface area contributed by atoms with Crippen LogP contribution in [0.3, 0.4) is 0 Å². The zero-order valence-corrected chi connectivity index (χ0v) is 12.1. The minimum Gasteiger partial charge on any atom is -0.480 e. The molecule has 0 bridgehead atoms. The van der Waals surface area contributed by atoms with Crippen LogP contribution in [0.5, 0.6) is 0 Å². The molecule has 0 aliphatic rings. The van der Waals surface area contributed by atoms with Gasteiger partial charge in [-0.25, -0.2) is 0 Å². The number of thiophene rings is 1. The lowest BCUT2D eigenvalue weighted by atomic mass is 10.2. The third kappa shape index (κ3) is 4.40. The van der Waals surface area contributed by atoms with Crippen LogP contribution >= 0.6 is 11.3 Å². The lowest BCUT2D eigenvalue weighted by Gasteiger charge is -2.20. The minimum absolute atomic E-state index is 0.584. The van der Waals surface area contributed by atoms with Gasteiger partial charge in [0.25, 0.3) is 0 Å². The number of carboxylic acids is 1. The van der Waals surface area contributed by atoms with E-state index in [1.807, 2.05) is 19.1 Å². The SMILES string of the molecule is CCN(CC)CCNC(C(=O)O)c1ccc(C)s1. The van der Waals surface area contributed by atoms with Crippen LogP contribution in [-0.2, 0) is 4.79 Å². The molecule has 0 saturated heterocycles. The van der Waals surface area contributed by atoms with E-state index in [0.717, 1.165) is 29.4 Å². The molecular weight excluding hydrogens is 248 g/mol. The van der Waals surface area contributed by atoms with Crippen molar-refractivity contribution in [2.75, 3.05) is 26.2 Å². The highest BCUT2D eigenvalue weighted by molar-refractivity contribution is 7.12. The van der Waals surface area contributed by atoms with Crippen LogP contribution in [0, 0.1) is 6.92 Å². The Hall–Kier alpha value is -0.910. The number of aryl methyl sites for hydroxylation is 1. The number of carboxylic acid groups (broad SMARTS) is 1. The molecule has 2 N–H and O–H groups in total. The number of aliphatic carboxylic acids is 1. The first-order valence-corrected chi connectivity index (χ1v) is 7.15. The fourth-order valence-corrected chi connectivity index (χ4v) is 2.77. The molecule has 0 fully saturated rings. The fourth-order valence-electron chi connectivity index (χ4n) is 1.83. The Bertz CT molecular complexity index is 375. The number of nitrogens with one attached hydrogen (secondary N) is 1. The fraction of sp³-hybridized carbons (Fsp3) is 0.615. The van der Waals surface area contributed by atoms with Crippen LogP contribution in [0.2, 0.25) is 0 Å². The second-order valence-electron chi connectivity index (χ2n) is 4.20. The second kappa shape index (κ2) is 7.51. The predicted octanol–water partition coefficient (Wildman–Crippen LogP) is 2.11. The van der Waals surface area contributed by atoms with E-state index in [2.05, 4.69) is 24.1 Å². The molecule has 0 saturated carbocycles. The summed E-state index contributed by atoms with van der Waals surface area (Å²) in [4.78, 5) is 15.5. The highest BCUT2D eigenvalue weighted by Crippen LogP contribution is 2.22. The van der Waals surface area contributed by atoms with Crippen molar-refractivity contribution in [1.82, 2.24) is 10.2 Å². The molecule has 0 aromatic carbocycles. The maximum Gasteiger partial charge on any atom is 0.326 e. The summed E-state index contributed by atoms with van der Waals surface area (Å²) in [5.41, 5.74) is 0. The topological polar surface area (TPSA) is 52.6 Å². The second-order valence-corrected chi connectivity index (χ2v) is 5.52. The van der Waals surface area contributed by atoms with Crippen LogP contribution < -0.4 is 5.32 Å². The molecule has 102 valence electrons. The molecule has 0 radical (unpaired) electrons. The van der Waals surface area contributed by atoms with Crippen LogP contribution in [0.1, 0.15) is 29.6 Å². The van der Waals surface area contributed by atoms with Gasteiger partial charge in [-0.05, 0) is 32.1 Å². The Balaban J connectivity index is 2.52. The Morgan fingerprint density at radius 3 is 2.56 bits per heavy atom. The van der Waals surface area contributed by atoms with Gasteiger partial charge in [-0.3, -0.25) is 10.1 Å². The summed E-state index contributed by atoms with van der Waals surface area (Å²) < 4.78 is 0.